The van der Waals surface area contributed by atoms with E-state index in [9.17, 15) is 17.6 Å². The van der Waals surface area contributed by atoms with Crippen LogP contribution in [0.5, 0.6) is 0 Å². The lowest BCUT2D eigenvalue weighted by Crippen LogP contribution is -2.50. The lowest BCUT2D eigenvalue weighted by atomic mass is 10.3. The van der Waals surface area contributed by atoms with Gasteiger partial charge in [-0.15, -0.1) is 12.4 Å². The van der Waals surface area contributed by atoms with E-state index in [4.69, 9.17) is 5.73 Å². The van der Waals surface area contributed by atoms with E-state index in [0.29, 0.717) is 13.1 Å². The van der Waals surface area contributed by atoms with Gasteiger partial charge in [0.25, 0.3) is 0 Å². The molecule has 1 aromatic rings. The summed E-state index contributed by atoms with van der Waals surface area (Å²) >= 11 is 0. The Labute approximate surface area is 135 Å². The number of halogens is 2. The number of rotatable bonds is 4. The minimum atomic E-state index is -3.64. The van der Waals surface area contributed by atoms with Gasteiger partial charge in [0.1, 0.15) is 5.82 Å². The molecule has 0 unspecified atom stereocenters. The van der Waals surface area contributed by atoms with Crippen molar-refractivity contribution in [2.45, 2.75) is 11.3 Å². The van der Waals surface area contributed by atoms with E-state index < -0.39 is 15.8 Å². The van der Waals surface area contributed by atoms with Gasteiger partial charge in [-0.1, -0.05) is 0 Å². The number of hydrogen-bond donors (Lipinski definition) is 1. The van der Waals surface area contributed by atoms with Crippen LogP contribution in [0.2, 0.25) is 0 Å². The van der Waals surface area contributed by atoms with Gasteiger partial charge >= 0.3 is 0 Å². The van der Waals surface area contributed by atoms with E-state index in [2.05, 4.69) is 0 Å². The molecule has 0 bridgehead atoms. The molecular weight excluding hydrogens is 333 g/mol. The van der Waals surface area contributed by atoms with Crippen molar-refractivity contribution in [3.05, 3.63) is 30.1 Å². The number of piperazine rings is 1. The van der Waals surface area contributed by atoms with Gasteiger partial charge in [-0.2, -0.15) is 4.31 Å². The first-order chi connectivity index (χ1) is 9.95. The first-order valence-electron chi connectivity index (χ1n) is 6.68. The average Bonchev–Trinajstić information content (AvgIpc) is 2.48. The fourth-order valence-corrected chi connectivity index (χ4v) is 3.64. The first-order valence-corrected chi connectivity index (χ1v) is 8.12. The SMILES string of the molecule is Cl.NCCC(=O)N1CCN(S(=O)(=O)c2ccc(F)cc2)CC1. The van der Waals surface area contributed by atoms with Gasteiger partial charge in [0.05, 0.1) is 4.90 Å². The standard InChI is InChI=1S/C13H18FN3O3S.ClH/c14-11-1-3-12(4-2-11)21(19,20)17-9-7-16(8-10-17)13(18)5-6-15;/h1-4H,5-10,15H2;1H. The van der Waals surface area contributed by atoms with Crippen molar-refractivity contribution in [1.82, 2.24) is 9.21 Å². The fourth-order valence-electron chi connectivity index (χ4n) is 2.22. The largest absolute Gasteiger partial charge is 0.340 e. The third-order valence-electron chi connectivity index (χ3n) is 3.40. The predicted octanol–water partition coefficient (Wildman–Crippen LogP) is 0.429. The highest BCUT2D eigenvalue weighted by Crippen LogP contribution is 2.18. The normalized spacial score (nSPS) is 16.2. The monoisotopic (exact) mass is 351 g/mol. The third-order valence-corrected chi connectivity index (χ3v) is 5.31. The second-order valence-electron chi connectivity index (χ2n) is 4.78. The number of hydrogen-bond acceptors (Lipinski definition) is 4. The number of benzene rings is 1. The molecule has 0 aromatic heterocycles. The van der Waals surface area contributed by atoms with Crippen molar-refractivity contribution in [2.24, 2.45) is 5.73 Å². The second-order valence-corrected chi connectivity index (χ2v) is 6.72. The lowest BCUT2D eigenvalue weighted by molar-refractivity contribution is -0.132. The highest BCUT2D eigenvalue weighted by atomic mass is 35.5. The Morgan fingerprint density at radius 1 is 1.14 bits per heavy atom. The molecule has 124 valence electrons. The zero-order valence-corrected chi connectivity index (χ0v) is 13.6. The van der Waals surface area contributed by atoms with Crippen LogP contribution in [-0.2, 0) is 14.8 Å². The molecule has 1 amide bonds. The molecular formula is C13H19ClFN3O3S. The summed E-state index contributed by atoms with van der Waals surface area (Å²) in [5.74, 6) is -0.539. The van der Waals surface area contributed by atoms with E-state index >= 15 is 0 Å². The van der Waals surface area contributed by atoms with Crippen LogP contribution >= 0.6 is 12.4 Å². The summed E-state index contributed by atoms with van der Waals surface area (Å²) in [6, 6.07) is 4.73. The molecule has 1 saturated heterocycles. The molecule has 2 rings (SSSR count). The van der Waals surface area contributed by atoms with Crippen LogP contribution in [0.25, 0.3) is 0 Å². The average molecular weight is 352 g/mol. The molecule has 6 nitrogen and oxygen atoms in total. The molecule has 2 N–H and O–H groups in total. The molecule has 9 heteroatoms. The number of carbonyl (C=O) groups excluding carboxylic acids is 1. The van der Waals surface area contributed by atoms with Crippen LogP contribution in [0.3, 0.4) is 0 Å². The van der Waals surface area contributed by atoms with E-state index in [1.54, 1.807) is 4.90 Å². The van der Waals surface area contributed by atoms with Crippen LogP contribution in [0.15, 0.2) is 29.2 Å². The van der Waals surface area contributed by atoms with Crippen molar-refractivity contribution < 1.29 is 17.6 Å². The minimum Gasteiger partial charge on any atom is -0.340 e. The summed E-state index contributed by atoms with van der Waals surface area (Å²) in [6.07, 6.45) is 0.269. The van der Waals surface area contributed by atoms with Crippen LogP contribution in [0.1, 0.15) is 6.42 Å². The van der Waals surface area contributed by atoms with E-state index in [0.717, 1.165) is 12.1 Å². The third kappa shape index (κ3) is 4.16. The Balaban J connectivity index is 0.00000242. The smallest absolute Gasteiger partial charge is 0.243 e. The van der Waals surface area contributed by atoms with Crippen molar-refractivity contribution in [1.29, 1.82) is 0 Å². The Hall–Kier alpha value is -1.22. The topological polar surface area (TPSA) is 83.7 Å². The summed E-state index contributed by atoms with van der Waals surface area (Å²) in [7, 11) is -3.64. The lowest BCUT2D eigenvalue weighted by Gasteiger charge is -2.34. The highest BCUT2D eigenvalue weighted by molar-refractivity contribution is 7.89. The van der Waals surface area contributed by atoms with Gasteiger partial charge in [0, 0.05) is 39.1 Å². The quantitative estimate of drug-likeness (QED) is 0.852. The Morgan fingerprint density at radius 2 is 1.68 bits per heavy atom. The maximum absolute atomic E-state index is 12.9. The number of amides is 1. The van der Waals surface area contributed by atoms with E-state index in [1.165, 1.54) is 16.4 Å². The van der Waals surface area contributed by atoms with Gasteiger partial charge in [0.15, 0.2) is 0 Å². The highest BCUT2D eigenvalue weighted by Gasteiger charge is 2.29. The molecule has 1 aliphatic heterocycles. The summed E-state index contributed by atoms with van der Waals surface area (Å²) < 4.78 is 38.9. The molecule has 0 aliphatic carbocycles. The molecule has 22 heavy (non-hydrogen) atoms. The Bertz CT molecular complexity index is 601. The maximum atomic E-state index is 12.9. The van der Waals surface area contributed by atoms with Crippen molar-refractivity contribution in [3.8, 4) is 0 Å². The second kappa shape index (κ2) is 7.87. The molecule has 0 radical (unpaired) electrons. The minimum absolute atomic E-state index is 0. The first kappa shape index (κ1) is 18.8. The van der Waals surface area contributed by atoms with E-state index in [1.807, 2.05) is 0 Å². The molecule has 0 spiro atoms. The number of nitrogens with two attached hydrogens (primary N) is 1. The van der Waals surface area contributed by atoms with Crippen LogP contribution in [0, 0.1) is 5.82 Å². The number of carbonyl (C=O) groups is 1. The Kier molecular flexibility index (Phi) is 6.73. The summed E-state index contributed by atoms with van der Waals surface area (Å²) in [4.78, 5) is 13.4. The predicted molar refractivity (Wildman–Crippen MR) is 82.7 cm³/mol. The van der Waals surface area contributed by atoms with Crippen molar-refractivity contribution in [2.75, 3.05) is 32.7 Å². The molecule has 0 atom stereocenters. The molecule has 1 aliphatic rings. The molecule has 1 heterocycles. The summed E-state index contributed by atoms with van der Waals surface area (Å²) in [5.41, 5.74) is 5.34. The van der Waals surface area contributed by atoms with Crippen molar-refractivity contribution in [3.63, 3.8) is 0 Å². The Morgan fingerprint density at radius 3 is 2.18 bits per heavy atom. The van der Waals surface area contributed by atoms with Crippen LogP contribution in [-0.4, -0.2) is 56.3 Å². The number of sulfonamides is 1. The zero-order valence-electron chi connectivity index (χ0n) is 11.9. The van der Waals surface area contributed by atoms with Gasteiger partial charge in [-0.05, 0) is 24.3 Å². The van der Waals surface area contributed by atoms with Crippen LogP contribution in [0.4, 0.5) is 4.39 Å². The van der Waals surface area contributed by atoms with Crippen LogP contribution < -0.4 is 5.73 Å². The van der Waals surface area contributed by atoms with Gasteiger partial charge < -0.3 is 10.6 Å². The molecule has 1 fully saturated rings. The maximum Gasteiger partial charge on any atom is 0.243 e. The number of nitrogens with zero attached hydrogens (tertiary/aromatic N) is 2. The van der Waals surface area contributed by atoms with Gasteiger partial charge in [0.2, 0.25) is 15.9 Å². The zero-order chi connectivity index (χ0) is 15.5. The van der Waals surface area contributed by atoms with Gasteiger partial charge in [-0.3, -0.25) is 4.79 Å². The van der Waals surface area contributed by atoms with Gasteiger partial charge in [-0.25, -0.2) is 12.8 Å². The summed E-state index contributed by atoms with van der Waals surface area (Å²) in [5, 5.41) is 0. The summed E-state index contributed by atoms with van der Waals surface area (Å²) in [6.45, 7) is 1.44. The molecule has 1 aromatic carbocycles. The van der Waals surface area contributed by atoms with E-state index in [-0.39, 0.29) is 49.3 Å². The van der Waals surface area contributed by atoms with Crippen molar-refractivity contribution >= 4 is 28.3 Å². The molecule has 0 saturated carbocycles. The fraction of sp³-hybridized carbons (Fsp3) is 0.462.